The van der Waals surface area contributed by atoms with Crippen molar-refractivity contribution in [3.8, 4) is 0 Å². The van der Waals surface area contributed by atoms with Crippen LogP contribution in [0.2, 0.25) is 0 Å². The molecule has 4 aliphatic carbocycles. The number of hydrogen-bond donors (Lipinski definition) is 0. The third-order valence-corrected chi connectivity index (χ3v) is 6.33. The normalized spacial score (nSPS) is 39.6. The molecule has 124 valence electrons. The molecule has 0 aliphatic heterocycles. The van der Waals surface area contributed by atoms with E-state index in [0.717, 1.165) is 35.5 Å². The van der Waals surface area contributed by atoms with E-state index in [1.54, 1.807) is 0 Å². The van der Waals surface area contributed by atoms with Crippen LogP contribution in [0.15, 0.2) is 48.6 Å². The molecule has 0 nitrogen and oxygen atoms in total. The number of allylic oxidation sites excluding steroid dienone is 8. The van der Waals surface area contributed by atoms with Gasteiger partial charge in [0.05, 0.1) is 0 Å². The Morgan fingerprint density at radius 1 is 0.652 bits per heavy atom. The first-order chi connectivity index (χ1) is 11.3. The minimum absolute atomic E-state index is 0.826. The van der Waals surface area contributed by atoms with Crippen LogP contribution in [0.25, 0.3) is 0 Å². The van der Waals surface area contributed by atoms with Crippen LogP contribution in [0.4, 0.5) is 0 Å². The van der Waals surface area contributed by atoms with E-state index in [-0.39, 0.29) is 0 Å². The average molecular weight is 429 g/mol. The van der Waals surface area contributed by atoms with Crippen LogP contribution in [0, 0.1) is 35.5 Å². The maximum atomic E-state index is 4.93. The van der Waals surface area contributed by atoms with E-state index in [0.29, 0.717) is 0 Å². The van der Waals surface area contributed by atoms with E-state index in [2.05, 4.69) is 48.6 Å². The van der Waals surface area contributed by atoms with Gasteiger partial charge in [-0.15, -0.1) is 0 Å². The number of halogens is 2. The molecule has 23 heavy (non-hydrogen) atoms. The number of rotatable bonds is 3. The van der Waals surface area contributed by atoms with Crippen LogP contribution in [0.3, 0.4) is 0 Å². The minimum atomic E-state index is -0.826. The van der Waals surface area contributed by atoms with E-state index in [1.807, 2.05) is 0 Å². The SMILES string of the molecule is C1=CC2CCC(CCC3CCC4C=CC=CC43)C2C=C1.[Cl][Zr][Cl]. The quantitative estimate of drug-likeness (QED) is 0.470. The summed E-state index contributed by atoms with van der Waals surface area (Å²) in [5, 5.41) is 0. The fraction of sp³-hybridized carbons (Fsp3) is 0.600. The molecule has 2 fully saturated rings. The first-order valence-corrected chi connectivity index (χ1v) is 15.3. The molecule has 0 aromatic rings. The van der Waals surface area contributed by atoms with Gasteiger partial charge in [-0.2, -0.15) is 0 Å². The van der Waals surface area contributed by atoms with Gasteiger partial charge in [-0.25, -0.2) is 0 Å². The molecule has 4 rings (SSSR count). The molecule has 0 spiro atoms. The van der Waals surface area contributed by atoms with Gasteiger partial charge in [-0.1, -0.05) is 48.6 Å². The van der Waals surface area contributed by atoms with E-state index in [9.17, 15) is 0 Å². The molecule has 3 heteroatoms. The van der Waals surface area contributed by atoms with Gasteiger partial charge in [-0.05, 0) is 74.0 Å². The predicted octanol–water partition coefficient (Wildman–Crippen LogP) is 6.68. The van der Waals surface area contributed by atoms with E-state index >= 15 is 0 Å². The number of hydrogen-bond acceptors (Lipinski definition) is 0. The van der Waals surface area contributed by atoms with Crippen LogP contribution in [0.5, 0.6) is 0 Å². The van der Waals surface area contributed by atoms with Gasteiger partial charge in [-0.3, -0.25) is 0 Å². The standard InChI is InChI=1S/C20H26.2ClH.Zr/c1-3-7-19-15(5-1)9-11-17(19)13-14-18-12-10-16-6-2-4-8-20(16)18;;;/h1-8,15-20H,9-14H2;2*1H;/q;;;+2/p-2. The van der Waals surface area contributed by atoms with Gasteiger partial charge in [0.15, 0.2) is 0 Å². The molecule has 0 heterocycles. The molecule has 0 N–H and O–H groups in total. The third-order valence-electron chi connectivity index (χ3n) is 6.33. The van der Waals surface area contributed by atoms with Gasteiger partial charge in [0.1, 0.15) is 0 Å². The summed E-state index contributed by atoms with van der Waals surface area (Å²) in [7, 11) is 9.87. The third kappa shape index (κ3) is 4.53. The Hall–Kier alpha value is 0.423. The van der Waals surface area contributed by atoms with Crippen molar-refractivity contribution in [2.45, 2.75) is 38.5 Å². The van der Waals surface area contributed by atoms with Gasteiger partial charge in [0.2, 0.25) is 0 Å². The Morgan fingerprint density at radius 2 is 1.04 bits per heavy atom. The second kappa shape index (κ2) is 9.21. The molecule has 6 atom stereocenters. The van der Waals surface area contributed by atoms with Gasteiger partial charge in [0, 0.05) is 0 Å². The molecule has 0 saturated heterocycles. The summed E-state index contributed by atoms with van der Waals surface area (Å²) in [5.41, 5.74) is 0. The van der Waals surface area contributed by atoms with E-state index < -0.39 is 20.8 Å². The van der Waals surface area contributed by atoms with Crippen molar-refractivity contribution in [2.75, 3.05) is 0 Å². The van der Waals surface area contributed by atoms with Crippen LogP contribution >= 0.6 is 17.0 Å². The molecular weight excluding hydrogens is 402 g/mol. The molecule has 4 aliphatic rings. The van der Waals surface area contributed by atoms with Crippen LogP contribution in [-0.4, -0.2) is 0 Å². The molecule has 0 radical (unpaired) electrons. The van der Waals surface area contributed by atoms with E-state index in [1.165, 1.54) is 38.5 Å². The molecule has 0 amide bonds. The molecule has 0 bridgehead atoms. The topological polar surface area (TPSA) is 0 Å². The van der Waals surface area contributed by atoms with Gasteiger partial charge in [0.25, 0.3) is 0 Å². The summed E-state index contributed by atoms with van der Waals surface area (Å²) in [6, 6.07) is 0. The van der Waals surface area contributed by atoms with Crippen molar-refractivity contribution in [3.05, 3.63) is 48.6 Å². The molecule has 6 unspecified atom stereocenters. The summed E-state index contributed by atoms with van der Waals surface area (Å²) >= 11 is -0.826. The van der Waals surface area contributed by atoms with E-state index in [4.69, 9.17) is 17.0 Å². The summed E-state index contributed by atoms with van der Waals surface area (Å²) in [4.78, 5) is 0. The van der Waals surface area contributed by atoms with Crippen molar-refractivity contribution in [3.63, 3.8) is 0 Å². The van der Waals surface area contributed by atoms with Crippen LogP contribution < -0.4 is 0 Å². The van der Waals surface area contributed by atoms with Crippen molar-refractivity contribution in [2.24, 2.45) is 35.5 Å². The second-order valence-corrected chi connectivity index (χ2v) is 11.1. The molecule has 0 aromatic heterocycles. The Balaban J connectivity index is 0.000000485. The Labute approximate surface area is 159 Å². The van der Waals surface area contributed by atoms with Gasteiger partial charge < -0.3 is 0 Å². The zero-order chi connectivity index (χ0) is 16.1. The summed E-state index contributed by atoms with van der Waals surface area (Å²) in [6.07, 6.45) is 27.6. The Morgan fingerprint density at radius 3 is 1.48 bits per heavy atom. The monoisotopic (exact) mass is 426 g/mol. The first kappa shape index (κ1) is 18.2. The van der Waals surface area contributed by atoms with Crippen molar-refractivity contribution in [1.82, 2.24) is 0 Å². The zero-order valence-electron chi connectivity index (χ0n) is 13.6. The summed E-state index contributed by atoms with van der Waals surface area (Å²) < 4.78 is 0. The predicted molar refractivity (Wildman–Crippen MR) is 96.9 cm³/mol. The van der Waals surface area contributed by atoms with Crippen molar-refractivity contribution < 1.29 is 20.8 Å². The van der Waals surface area contributed by atoms with Gasteiger partial charge >= 0.3 is 37.9 Å². The fourth-order valence-electron chi connectivity index (χ4n) is 5.23. The molecular formula is C20H26Cl2Zr. The van der Waals surface area contributed by atoms with Crippen molar-refractivity contribution >= 4 is 17.0 Å². The Bertz CT molecular complexity index is 450. The van der Waals surface area contributed by atoms with Crippen LogP contribution in [0.1, 0.15) is 38.5 Å². The van der Waals surface area contributed by atoms with Crippen molar-refractivity contribution in [1.29, 1.82) is 0 Å². The zero-order valence-corrected chi connectivity index (χ0v) is 17.6. The Kier molecular flexibility index (Phi) is 7.30. The summed E-state index contributed by atoms with van der Waals surface area (Å²) in [6.45, 7) is 0. The average Bonchev–Trinajstić information content (AvgIpc) is 3.18. The molecule has 0 aromatic carbocycles. The number of fused-ring (bicyclic) bond motifs is 2. The second-order valence-electron chi connectivity index (χ2n) is 7.35. The maximum absolute atomic E-state index is 4.93. The molecule has 2 saturated carbocycles. The van der Waals surface area contributed by atoms with Crippen LogP contribution in [-0.2, 0) is 20.8 Å². The summed E-state index contributed by atoms with van der Waals surface area (Å²) in [5.74, 6) is 5.36. The fourth-order valence-corrected chi connectivity index (χ4v) is 5.23. The first-order valence-electron chi connectivity index (χ1n) is 8.99.